The van der Waals surface area contributed by atoms with Crippen molar-refractivity contribution in [2.75, 3.05) is 29.1 Å². The van der Waals surface area contributed by atoms with Crippen molar-refractivity contribution in [3.63, 3.8) is 0 Å². The lowest BCUT2D eigenvalue weighted by Gasteiger charge is -2.11. The van der Waals surface area contributed by atoms with Crippen LogP contribution in [0.5, 0.6) is 0 Å². The maximum Gasteiger partial charge on any atom is 0.244 e. The maximum atomic E-state index is 11.1. The zero-order valence-corrected chi connectivity index (χ0v) is 13.5. The normalized spacial score (nSPS) is 16.6. The standard InChI is InChI=1S/C16H20N6O2/c1-11(23)19-12-4-2-5-13(8-12)20-15-10-18-22-16(21-15)17-9-14-6-3-7-24-14/h2,4-5,8,10,14H,3,6-7,9H2,1H3,(H,19,23)(H2,17,20,21,22). The first kappa shape index (κ1) is 16.1. The maximum absolute atomic E-state index is 11.1. The number of amides is 1. The molecule has 1 aliphatic rings. The smallest absolute Gasteiger partial charge is 0.244 e. The van der Waals surface area contributed by atoms with E-state index in [1.807, 2.05) is 24.3 Å². The predicted octanol–water partition coefficient (Wildman–Crippen LogP) is 2.16. The molecule has 0 saturated carbocycles. The Bertz CT molecular complexity index is 702. The van der Waals surface area contributed by atoms with Crippen molar-refractivity contribution in [3.05, 3.63) is 30.5 Å². The highest BCUT2D eigenvalue weighted by atomic mass is 16.5. The molecular formula is C16H20N6O2. The number of aromatic nitrogens is 3. The molecular weight excluding hydrogens is 308 g/mol. The molecule has 1 aromatic heterocycles. The second-order valence-electron chi connectivity index (χ2n) is 5.57. The number of carbonyl (C=O) groups excluding carboxylic acids is 1. The summed E-state index contributed by atoms with van der Waals surface area (Å²) < 4.78 is 5.56. The quantitative estimate of drug-likeness (QED) is 0.747. The van der Waals surface area contributed by atoms with Crippen LogP contribution in [0.15, 0.2) is 30.5 Å². The van der Waals surface area contributed by atoms with Crippen molar-refractivity contribution in [1.82, 2.24) is 15.2 Å². The fraction of sp³-hybridized carbons (Fsp3) is 0.375. The Morgan fingerprint density at radius 3 is 3.04 bits per heavy atom. The van der Waals surface area contributed by atoms with E-state index in [2.05, 4.69) is 31.1 Å². The van der Waals surface area contributed by atoms with E-state index in [4.69, 9.17) is 4.74 Å². The molecule has 0 aliphatic carbocycles. The molecule has 2 aromatic rings. The van der Waals surface area contributed by atoms with Crippen molar-refractivity contribution < 1.29 is 9.53 Å². The Kier molecular flexibility index (Phi) is 5.17. The number of benzene rings is 1. The second-order valence-corrected chi connectivity index (χ2v) is 5.57. The van der Waals surface area contributed by atoms with Crippen LogP contribution in [-0.4, -0.2) is 40.3 Å². The van der Waals surface area contributed by atoms with E-state index in [1.54, 1.807) is 6.20 Å². The van der Waals surface area contributed by atoms with E-state index in [0.717, 1.165) is 25.1 Å². The minimum Gasteiger partial charge on any atom is -0.376 e. The van der Waals surface area contributed by atoms with Crippen LogP contribution in [0.4, 0.5) is 23.1 Å². The summed E-state index contributed by atoms with van der Waals surface area (Å²) in [5, 5.41) is 17.0. The Morgan fingerprint density at radius 1 is 1.38 bits per heavy atom. The lowest BCUT2D eigenvalue weighted by Crippen LogP contribution is -2.20. The van der Waals surface area contributed by atoms with Gasteiger partial charge in [0.1, 0.15) is 0 Å². The molecule has 0 spiro atoms. The van der Waals surface area contributed by atoms with Crippen LogP contribution in [0.25, 0.3) is 0 Å². The molecule has 3 rings (SSSR count). The summed E-state index contributed by atoms with van der Waals surface area (Å²) in [6, 6.07) is 7.37. The zero-order chi connectivity index (χ0) is 16.8. The molecule has 1 unspecified atom stereocenters. The number of nitrogens with zero attached hydrogens (tertiary/aromatic N) is 3. The molecule has 1 amide bonds. The van der Waals surface area contributed by atoms with Gasteiger partial charge in [0.2, 0.25) is 11.9 Å². The number of anilines is 4. The highest BCUT2D eigenvalue weighted by molar-refractivity contribution is 5.89. The highest BCUT2D eigenvalue weighted by Gasteiger charge is 2.15. The van der Waals surface area contributed by atoms with Crippen LogP contribution < -0.4 is 16.0 Å². The highest BCUT2D eigenvalue weighted by Crippen LogP contribution is 2.19. The molecule has 8 heteroatoms. The third kappa shape index (κ3) is 4.63. The van der Waals surface area contributed by atoms with Crippen molar-refractivity contribution in [1.29, 1.82) is 0 Å². The average Bonchev–Trinajstić information content (AvgIpc) is 3.06. The predicted molar refractivity (Wildman–Crippen MR) is 91.3 cm³/mol. The zero-order valence-electron chi connectivity index (χ0n) is 13.5. The third-order valence-corrected chi connectivity index (χ3v) is 3.53. The first-order valence-corrected chi connectivity index (χ1v) is 7.89. The summed E-state index contributed by atoms with van der Waals surface area (Å²) in [7, 11) is 0. The molecule has 126 valence electrons. The molecule has 8 nitrogen and oxygen atoms in total. The van der Waals surface area contributed by atoms with Gasteiger partial charge >= 0.3 is 0 Å². The minimum atomic E-state index is -0.114. The summed E-state index contributed by atoms with van der Waals surface area (Å²) in [6.45, 7) is 2.96. The molecule has 0 radical (unpaired) electrons. The van der Waals surface area contributed by atoms with Gasteiger partial charge in [0.25, 0.3) is 0 Å². The van der Waals surface area contributed by atoms with Gasteiger partial charge in [0.15, 0.2) is 5.82 Å². The van der Waals surface area contributed by atoms with Crippen molar-refractivity contribution in [2.24, 2.45) is 0 Å². The van der Waals surface area contributed by atoms with Gasteiger partial charge in [-0.3, -0.25) is 4.79 Å². The second kappa shape index (κ2) is 7.69. The summed E-state index contributed by atoms with van der Waals surface area (Å²) in [5.41, 5.74) is 1.51. The number of carbonyl (C=O) groups is 1. The van der Waals surface area contributed by atoms with Gasteiger partial charge < -0.3 is 20.7 Å². The molecule has 1 saturated heterocycles. The average molecular weight is 328 g/mol. The molecule has 24 heavy (non-hydrogen) atoms. The Hall–Kier alpha value is -2.74. The van der Waals surface area contributed by atoms with Crippen LogP contribution in [0.2, 0.25) is 0 Å². The van der Waals surface area contributed by atoms with Crippen molar-refractivity contribution >= 4 is 29.0 Å². The third-order valence-electron chi connectivity index (χ3n) is 3.53. The van der Waals surface area contributed by atoms with Gasteiger partial charge in [0.05, 0.1) is 12.3 Å². The van der Waals surface area contributed by atoms with Gasteiger partial charge in [-0.1, -0.05) is 6.07 Å². The summed E-state index contributed by atoms with van der Waals surface area (Å²) in [4.78, 5) is 15.5. The Balaban J connectivity index is 1.62. The summed E-state index contributed by atoms with van der Waals surface area (Å²) in [5.74, 6) is 0.907. The molecule has 2 heterocycles. The molecule has 1 aromatic carbocycles. The van der Waals surface area contributed by atoms with E-state index >= 15 is 0 Å². The number of hydrogen-bond acceptors (Lipinski definition) is 7. The van der Waals surface area contributed by atoms with Gasteiger partial charge in [0, 0.05) is 31.5 Å². The van der Waals surface area contributed by atoms with Crippen LogP contribution in [-0.2, 0) is 9.53 Å². The van der Waals surface area contributed by atoms with Gasteiger partial charge in [-0.05, 0) is 31.0 Å². The first-order valence-electron chi connectivity index (χ1n) is 7.89. The van der Waals surface area contributed by atoms with E-state index < -0.39 is 0 Å². The van der Waals surface area contributed by atoms with E-state index in [9.17, 15) is 4.79 Å². The number of rotatable bonds is 6. The monoisotopic (exact) mass is 328 g/mol. The summed E-state index contributed by atoms with van der Waals surface area (Å²) in [6.07, 6.45) is 3.90. The molecule has 3 N–H and O–H groups in total. The lowest BCUT2D eigenvalue weighted by molar-refractivity contribution is -0.114. The van der Waals surface area contributed by atoms with Crippen LogP contribution in [0.1, 0.15) is 19.8 Å². The fourth-order valence-electron chi connectivity index (χ4n) is 2.47. The Labute approximate surface area is 140 Å². The SMILES string of the molecule is CC(=O)Nc1cccc(Nc2cnnc(NCC3CCCO3)n2)c1. The largest absolute Gasteiger partial charge is 0.376 e. The van der Waals surface area contributed by atoms with E-state index in [0.29, 0.717) is 24.0 Å². The lowest BCUT2D eigenvalue weighted by atomic mass is 10.2. The molecule has 1 aliphatic heterocycles. The first-order chi connectivity index (χ1) is 11.7. The topological polar surface area (TPSA) is 101 Å². The number of ether oxygens (including phenoxy) is 1. The van der Waals surface area contributed by atoms with E-state index in [-0.39, 0.29) is 12.0 Å². The number of hydrogen-bond donors (Lipinski definition) is 3. The van der Waals surface area contributed by atoms with Gasteiger partial charge in [-0.2, -0.15) is 10.1 Å². The van der Waals surface area contributed by atoms with Gasteiger partial charge in [-0.25, -0.2) is 0 Å². The molecule has 1 atom stereocenters. The van der Waals surface area contributed by atoms with E-state index in [1.165, 1.54) is 6.92 Å². The van der Waals surface area contributed by atoms with Crippen LogP contribution in [0, 0.1) is 0 Å². The summed E-state index contributed by atoms with van der Waals surface area (Å²) >= 11 is 0. The van der Waals surface area contributed by atoms with Crippen molar-refractivity contribution in [3.8, 4) is 0 Å². The minimum absolute atomic E-state index is 0.114. The number of nitrogens with one attached hydrogen (secondary N) is 3. The van der Waals surface area contributed by atoms with Crippen molar-refractivity contribution in [2.45, 2.75) is 25.9 Å². The molecule has 1 fully saturated rings. The Morgan fingerprint density at radius 2 is 2.25 bits per heavy atom. The van der Waals surface area contributed by atoms with Crippen LogP contribution >= 0.6 is 0 Å². The molecule has 0 bridgehead atoms. The fourth-order valence-corrected chi connectivity index (χ4v) is 2.47. The van der Waals surface area contributed by atoms with Crippen LogP contribution in [0.3, 0.4) is 0 Å². The van der Waals surface area contributed by atoms with Gasteiger partial charge in [-0.15, -0.1) is 5.10 Å².